The van der Waals surface area contributed by atoms with E-state index in [4.69, 9.17) is 37.9 Å². The third-order valence-electron chi connectivity index (χ3n) is 5.71. The second kappa shape index (κ2) is 11.8. The average molecular weight is 470 g/mol. The Labute approximate surface area is 199 Å². The molecule has 0 atom stereocenters. The molecular weight excluding hydrogens is 445 g/mol. The van der Waals surface area contributed by atoms with Gasteiger partial charge in [0.25, 0.3) is 0 Å². The summed E-state index contributed by atoms with van der Waals surface area (Å²) in [6.45, 7) is 0. The van der Waals surface area contributed by atoms with Gasteiger partial charge < -0.3 is 9.47 Å². The van der Waals surface area contributed by atoms with Crippen LogP contribution in [-0.2, 0) is 9.53 Å². The van der Waals surface area contributed by atoms with E-state index in [-0.39, 0.29) is 12.1 Å². The van der Waals surface area contributed by atoms with Gasteiger partial charge in [-0.1, -0.05) is 35.2 Å². The smallest absolute Gasteiger partial charge is 0.337 e. The zero-order valence-corrected chi connectivity index (χ0v) is 19.5. The maximum atomic E-state index is 12.0. The fourth-order valence-corrected chi connectivity index (χ4v) is 4.21. The average Bonchev–Trinajstić information content (AvgIpc) is 2.99. The van der Waals surface area contributed by atoms with E-state index in [1.54, 1.807) is 30.4 Å². The minimum absolute atomic E-state index is 0.158. The van der Waals surface area contributed by atoms with Gasteiger partial charge in [0.15, 0.2) is 0 Å². The van der Waals surface area contributed by atoms with Crippen LogP contribution in [0.2, 0.25) is 5.02 Å². The predicted octanol–water partition coefficient (Wildman–Crippen LogP) is 6.49. The topological polar surface area (TPSA) is 59.3 Å². The van der Waals surface area contributed by atoms with Crippen molar-refractivity contribution < 1.29 is 14.3 Å². The van der Waals surface area contributed by atoms with Gasteiger partial charge >= 0.3 is 5.97 Å². The van der Waals surface area contributed by atoms with Crippen molar-refractivity contribution in [2.45, 2.75) is 51.0 Å². The van der Waals surface area contributed by atoms with Gasteiger partial charge in [0.05, 0.1) is 29.4 Å². The SMILES string of the molecule is COC(=O)C1=C(CC#CCC2CCC(Oc3ccc(C#N)c(Cl)c3)CC2)CC=C(Cl)C=C1. The van der Waals surface area contributed by atoms with Gasteiger partial charge in [0.1, 0.15) is 11.8 Å². The number of allylic oxidation sites excluding steroid dienone is 4. The molecule has 0 saturated heterocycles. The van der Waals surface area contributed by atoms with Gasteiger partial charge in [0.2, 0.25) is 0 Å². The quantitative estimate of drug-likeness (QED) is 0.365. The van der Waals surface area contributed by atoms with Crippen molar-refractivity contribution >= 4 is 29.2 Å². The van der Waals surface area contributed by atoms with Crippen LogP contribution in [0, 0.1) is 29.1 Å². The first-order chi connectivity index (χ1) is 15.5. The van der Waals surface area contributed by atoms with E-state index >= 15 is 0 Å². The number of halogens is 2. The number of methoxy groups -OCH3 is 1. The minimum Gasteiger partial charge on any atom is -0.490 e. The van der Waals surface area contributed by atoms with Gasteiger partial charge in [-0.3, -0.25) is 0 Å². The van der Waals surface area contributed by atoms with Crippen LogP contribution in [0.1, 0.15) is 50.5 Å². The fraction of sp³-hybridized carbons (Fsp3) is 0.385. The van der Waals surface area contributed by atoms with E-state index in [0.717, 1.165) is 37.7 Å². The van der Waals surface area contributed by atoms with Crippen molar-refractivity contribution in [3.8, 4) is 23.7 Å². The lowest BCUT2D eigenvalue weighted by molar-refractivity contribution is -0.135. The lowest BCUT2D eigenvalue weighted by atomic mass is 9.85. The minimum atomic E-state index is -0.361. The molecule has 1 aromatic carbocycles. The summed E-state index contributed by atoms with van der Waals surface area (Å²) in [6.07, 6.45) is 11.4. The fourth-order valence-electron chi connectivity index (χ4n) is 3.86. The molecule has 1 aromatic rings. The third-order valence-corrected chi connectivity index (χ3v) is 6.31. The number of benzene rings is 1. The highest BCUT2D eigenvalue weighted by atomic mass is 35.5. The second-order valence-corrected chi connectivity index (χ2v) is 8.73. The summed E-state index contributed by atoms with van der Waals surface area (Å²) in [5.41, 5.74) is 1.92. The monoisotopic (exact) mass is 469 g/mol. The molecule has 0 bridgehead atoms. The molecule has 0 amide bonds. The van der Waals surface area contributed by atoms with Crippen molar-refractivity contribution in [1.29, 1.82) is 5.26 Å². The van der Waals surface area contributed by atoms with Crippen LogP contribution in [0.15, 0.2) is 52.6 Å². The summed E-state index contributed by atoms with van der Waals surface area (Å²) in [6, 6.07) is 7.25. The second-order valence-electron chi connectivity index (χ2n) is 7.88. The van der Waals surface area contributed by atoms with Crippen LogP contribution >= 0.6 is 23.2 Å². The highest BCUT2D eigenvalue weighted by Crippen LogP contribution is 2.31. The molecule has 1 fully saturated rings. The Bertz CT molecular complexity index is 1050. The van der Waals surface area contributed by atoms with Gasteiger partial charge in [-0.05, 0) is 67.9 Å². The summed E-state index contributed by atoms with van der Waals surface area (Å²) < 4.78 is 10.9. The summed E-state index contributed by atoms with van der Waals surface area (Å²) in [5.74, 6) is 7.41. The van der Waals surface area contributed by atoms with Gasteiger partial charge in [-0.2, -0.15) is 5.26 Å². The number of rotatable bonds is 5. The molecule has 0 aromatic heterocycles. The number of esters is 1. The molecule has 0 aliphatic heterocycles. The van der Waals surface area contributed by atoms with Crippen molar-refractivity contribution in [3.63, 3.8) is 0 Å². The van der Waals surface area contributed by atoms with E-state index in [1.165, 1.54) is 7.11 Å². The van der Waals surface area contributed by atoms with E-state index in [0.29, 0.717) is 45.7 Å². The molecule has 0 heterocycles. The summed E-state index contributed by atoms with van der Waals surface area (Å²) in [7, 11) is 1.38. The maximum Gasteiger partial charge on any atom is 0.337 e. The molecule has 2 aliphatic rings. The molecule has 0 radical (unpaired) electrons. The molecule has 0 N–H and O–H groups in total. The van der Waals surface area contributed by atoms with Crippen LogP contribution in [0.25, 0.3) is 0 Å². The standard InChI is InChI=1S/C26H25Cl2NO3/c1-31-26(30)24-15-11-21(27)10-8-19(24)5-3-2-4-18-6-12-22(13-7-18)32-23-14-9-20(17-29)25(28)16-23/h9-11,14-16,18,22H,4-8,12-13H2,1H3. The Morgan fingerprint density at radius 1 is 1.16 bits per heavy atom. The predicted molar refractivity (Wildman–Crippen MR) is 126 cm³/mol. The molecule has 166 valence electrons. The number of carbonyl (C=O) groups is 1. The van der Waals surface area contributed by atoms with Crippen LogP contribution in [0.3, 0.4) is 0 Å². The zero-order valence-electron chi connectivity index (χ0n) is 18.0. The first-order valence-corrected chi connectivity index (χ1v) is 11.4. The number of nitrogens with zero attached hydrogens (tertiary/aromatic N) is 1. The lowest BCUT2D eigenvalue weighted by Crippen LogP contribution is -2.24. The van der Waals surface area contributed by atoms with Crippen LogP contribution in [0.5, 0.6) is 5.75 Å². The molecule has 6 heteroatoms. The van der Waals surface area contributed by atoms with E-state index in [9.17, 15) is 4.79 Å². The van der Waals surface area contributed by atoms with Crippen LogP contribution in [-0.4, -0.2) is 19.2 Å². The zero-order chi connectivity index (χ0) is 22.9. The molecule has 0 spiro atoms. The maximum absolute atomic E-state index is 12.0. The molecule has 1 saturated carbocycles. The van der Waals surface area contributed by atoms with Crippen LogP contribution in [0.4, 0.5) is 0 Å². The number of nitriles is 1. The van der Waals surface area contributed by atoms with E-state index < -0.39 is 0 Å². The third kappa shape index (κ3) is 6.67. The summed E-state index contributed by atoms with van der Waals surface area (Å²) in [5, 5.41) is 10.0. The van der Waals surface area contributed by atoms with Crippen LogP contribution < -0.4 is 4.74 Å². The first kappa shape index (κ1) is 24.0. The lowest BCUT2D eigenvalue weighted by Gasteiger charge is -2.28. The van der Waals surface area contributed by atoms with E-state index in [1.807, 2.05) is 6.08 Å². The number of ether oxygens (including phenoxy) is 2. The largest absolute Gasteiger partial charge is 0.490 e. The summed E-state index contributed by atoms with van der Waals surface area (Å²) >= 11 is 12.2. The molecule has 4 nitrogen and oxygen atoms in total. The normalized spacial score (nSPS) is 20.4. The Kier molecular flexibility index (Phi) is 8.86. The Balaban J connectivity index is 1.49. The van der Waals surface area contributed by atoms with Crippen molar-refractivity contribution in [1.82, 2.24) is 0 Å². The Hall–Kier alpha value is -2.66. The number of hydrogen-bond donors (Lipinski definition) is 0. The molecule has 3 rings (SSSR count). The summed E-state index contributed by atoms with van der Waals surface area (Å²) in [4.78, 5) is 12.0. The van der Waals surface area contributed by atoms with Gasteiger partial charge in [0, 0.05) is 23.9 Å². The Morgan fingerprint density at radius 3 is 2.62 bits per heavy atom. The molecule has 32 heavy (non-hydrogen) atoms. The van der Waals surface area contributed by atoms with Gasteiger partial charge in [-0.25, -0.2) is 4.79 Å². The highest BCUT2D eigenvalue weighted by Gasteiger charge is 2.22. The molecular formula is C26H25Cl2NO3. The highest BCUT2D eigenvalue weighted by molar-refractivity contribution is 6.32. The number of carbonyl (C=O) groups excluding carboxylic acids is 1. The Morgan fingerprint density at radius 2 is 1.94 bits per heavy atom. The first-order valence-electron chi connectivity index (χ1n) is 10.7. The van der Waals surface area contributed by atoms with Gasteiger partial charge in [-0.15, -0.1) is 5.92 Å². The molecule has 2 aliphatic carbocycles. The van der Waals surface area contributed by atoms with Crippen molar-refractivity contribution in [2.75, 3.05) is 7.11 Å². The number of hydrogen-bond acceptors (Lipinski definition) is 4. The molecule has 0 unspecified atom stereocenters. The van der Waals surface area contributed by atoms with E-state index in [2.05, 4.69) is 17.9 Å². The van der Waals surface area contributed by atoms with Crippen molar-refractivity contribution in [2.24, 2.45) is 5.92 Å². The van der Waals surface area contributed by atoms with Crippen molar-refractivity contribution in [3.05, 3.63) is 63.2 Å².